The number of carbonyl (C=O) groups excluding carboxylic acids is 6. The van der Waals surface area contributed by atoms with Gasteiger partial charge in [0.15, 0.2) is 0 Å². The number of nitrogens with one attached hydrogen (secondary N) is 5. The highest BCUT2D eigenvalue weighted by atomic mass is 32.1. The quantitative estimate of drug-likeness (QED) is 0.0389. The first-order valence-electron chi connectivity index (χ1n) is 14.0. The van der Waals surface area contributed by atoms with E-state index < -0.39 is 83.6 Å². The molecule has 44 heavy (non-hydrogen) atoms. The van der Waals surface area contributed by atoms with Crippen LogP contribution >= 0.6 is 25.3 Å². The van der Waals surface area contributed by atoms with Crippen LogP contribution in [0.1, 0.15) is 52.4 Å². The van der Waals surface area contributed by atoms with Crippen molar-refractivity contribution in [2.45, 2.75) is 88.1 Å². The minimum absolute atomic E-state index is 0.0406. The molecule has 0 spiro atoms. The van der Waals surface area contributed by atoms with Crippen LogP contribution in [-0.4, -0.2) is 107 Å². The highest BCUT2D eigenvalue weighted by Gasteiger charge is 2.36. The van der Waals surface area contributed by atoms with Crippen molar-refractivity contribution in [3.05, 3.63) is 0 Å². The van der Waals surface area contributed by atoms with Crippen molar-refractivity contribution in [3.8, 4) is 0 Å². The maximum absolute atomic E-state index is 13.3. The second-order valence-corrected chi connectivity index (χ2v) is 11.2. The van der Waals surface area contributed by atoms with Crippen LogP contribution in [0.4, 0.5) is 0 Å². The summed E-state index contributed by atoms with van der Waals surface area (Å²) in [5, 5.41) is 21.3. The third-order valence-electron chi connectivity index (χ3n) is 6.27. The van der Waals surface area contributed by atoms with Gasteiger partial charge in [0.1, 0.15) is 29.7 Å². The van der Waals surface area contributed by atoms with E-state index in [4.69, 9.17) is 22.9 Å². The fourth-order valence-corrected chi connectivity index (χ4v) is 4.06. The second kappa shape index (κ2) is 20.8. The van der Waals surface area contributed by atoms with Gasteiger partial charge < -0.3 is 54.6 Å². The van der Waals surface area contributed by atoms with Gasteiger partial charge in [-0.15, -0.1) is 0 Å². The van der Waals surface area contributed by atoms with Crippen LogP contribution in [0.5, 0.6) is 0 Å². The van der Waals surface area contributed by atoms with Crippen LogP contribution in [0, 0.1) is 0 Å². The predicted molar refractivity (Wildman–Crippen MR) is 168 cm³/mol. The molecule has 252 valence electrons. The molecule has 0 aliphatic carbocycles. The van der Waals surface area contributed by atoms with Crippen molar-refractivity contribution in [1.82, 2.24) is 26.6 Å². The molecule has 0 unspecified atom stereocenters. The molecule has 0 fully saturated rings. The molecule has 0 aromatic rings. The minimum atomic E-state index is -1.71. The molecule has 0 saturated carbocycles. The van der Waals surface area contributed by atoms with Crippen molar-refractivity contribution in [3.63, 3.8) is 0 Å². The topological polar surface area (TPSA) is 304 Å². The Balaban J connectivity index is 5.82. The van der Waals surface area contributed by atoms with Gasteiger partial charge in [0.2, 0.25) is 35.4 Å². The number of carboxylic acids is 1. The lowest BCUT2D eigenvalue weighted by atomic mass is 10.0. The third kappa shape index (κ3) is 15.0. The summed E-state index contributed by atoms with van der Waals surface area (Å²) in [5.74, 6) is -6.55. The van der Waals surface area contributed by atoms with E-state index in [0.29, 0.717) is 25.8 Å². The summed E-state index contributed by atoms with van der Waals surface area (Å²) in [6, 6.07) is -6.15. The summed E-state index contributed by atoms with van der Waals surface area (Å²) in [6.07, 6.45) is 1.03. The summed E-state index contributed by atoms with van der Waals surface area (Å²) in [4.78, 5) is 87.5. The third-order valence-corrected chi connectivity index (χ3v) is 7.03. The molecule has 0 aliphatic heterocycles. The highest BCUT2D eigenvalue weighted by molar-refractivity contribution is 7.80. The fourth-order valence-electron chi connectivity index (χ4n) is 3.65. The molecule has 0 saturated heterocycles. The maximum atomic E-state index is 13.3. The summed E-state index contributed by atoms with van der Waals surface area (Å²) in [5.41, 5.74) is 20.4. The average Bonchev–Trinajstić information content (AvgIpc) is 2.95. The van der Waals surface area contributed by atoms with Gasteiger partial charge in [-0.1, -0.05) is 0 Å². The van der Waals surface area contributed by atoms with Crippen LogP contribution in [-0.2, 0) is 33.6 Å². The zero-order valence-electron chi connectivity index (χ0n) is 25.0. The average molecular weight is 666 g/mol. The molecule has 0 radical (unpaired) electrons. The summed E-state index contributed by atoms with van der Waals surface area (Å²) in [6.45, 7) is 3.17. The molecule has 0 aromatic heterocycles. The fraction of sp³-hybridized carbons (Fsp3) is 0.720. The van der Waals surface area contributed by atoms with Gasteiger partial charge in [0.25, 0.3) is 0 Å². The molecule has 0 aliphatic rings. The zero-order chi connectivity index (χ0) is 34.0. The highest BCUT2D eigenvalue weighted by Crippen LogP contribution is 2.09. The van der Waals surface area contributed by atoms with Crippen LogP contribution in [0.25, 0.3) is 0 Å². The number of hydrogen-bond donors (Lipinski definition) is 12. The molecule has 5 atom stereocenters. The van der Waals surface area contributed by atoms with E-state index in [2.05, 4.69) is 51.8 Å². The number of aliphatic carboxylic acids is 1. The van der Waals surface area contributed by atoms with E-state index in [1.54, 1.807) is 0 Å². The van der Waals surface area contributed by atoms with Crippen molar-refractivity contribution in [2.24, 2.45) is 22.9 Å². The summed E-state index contributed by atoms with van der Waals surface area (Å²) in [7, 11) is 0. The largest absolute Gasteiger partial charge is 0.480 e. The van der Waals surface area contributed by atoms with E-state index in [9.17, 15) is 38.7 Å². The number of hydrogen-bond acceptors (Lipinski definition) is 12. The molecule has 0 heterocycles. The molecule has 6 amide bonds. The first-order valence-corrected chi connectivity index (χ1v) is 15.2. The van der Waals surface area contributed by atoms with Gasteiger partial charge in [-0.2, -0.15) is 25.3 Å². The van der Waals surface area contributed by atoms with E-state index >= 15 is 0 Å². The Hall–Kier alpha value is -3.13. The zero-order valence-corrected chi connectivity index (χ0v) is 26.8. The van der Waals surface area contributed by atoms with Crippen LogP contribution < -0.4 is 49.5 Å². The Morgan fingerprint density at radius 1 is 0.705 bits per heavy atom. The van der Waals surface area contributed by atoms with E-state index in [0.717, 1.165) is 0 Å². The molecular formula is C25H47N9O8S2. The molecule has 0 rings (SSSR count). The molecule has 0 bridgehead atoms. The standard InChI is InChI=1S/C25H47N9O8S2/c1-25(2,24(42)33-16(10-18(29)35)21(38)32-17(12-44)23(40)41)34-22(39)15(7-5-9-27)31-20(37)14(6-3-4-8-26)30-19(36)13(28)11-43/h13-17,43-44H,3-12,26-28H2,1-2H3,(H2,29,35)(H,30,36)(H,31,37)(H,32,38)(H,33,42)(H,34,39)(H,40,41)/t13-,14-,15-,16-,17-/m0/s1. The van der Waals surface area contributed by atoms with E-state index in [1.165, 1.54) is 13.8 Å². The lowest BCUT2D eigenvalue weighted by Gasteiger charge is -2.30. The summed E-state index contributed by atoms with van der Waals surface area (Å²) >= 11 is 7.85. The lowest BCUT2D eigenvalue weighted by molar-refractivity contribution is -0.142. The van der Waals surface area contributed by atoms with Gasteiger partial charge in [-0.25, -0.2) is 4.79 Å². The molecule has 0 aromatic carbocycles. The van der Waals surface area contributed by atoms with Gasteiger partial charge >= 0.3 is 5.97 Å². The Bertz CT molecular complexity index is 1020. The van der Waals surface area contributed by atoms with Crippen LogP contribution in [0.2, 0.25) is 0 Å². The number of primary amides is 1. The minimum Gasteiger partial charge on any atom is -0.480 e. The number of rotatable bonds is 22. The Kier molecular flexibility index (Phi) is 19.3. The number of carboxylic acid groups (broad SMARTS) is 1. The van der Waals surface area contributed by atoms with Gasteiger partial charge in [-0.3, -0.25) is 28.8 Å². The van der Waals surface area contributed by atoms with E-state index in [-0.39, 0.29) is 30.9 Å². The molecular weight excluding hydrogens is 618 g/mol. The number of carbonyl (C=O) groups is 7. The van der Waals surface area contributed by atoms with Gasteiger partial charge in [0, 0.05) is 11.5 Å². The van der Waals surface area contributed by atoms with Gasteiger partial charge in [0.05, 0.1) is 12.5 Å². The van der Waals surface area contributed by atoms with Crippen LogP contribution in [0.3, 0.4) is 0 Å². The van der Waals surface area contributed by atoms with Crippen molar-refractivity contribution in [2.75, 3.05) is 24.6 Å². The molecule has 17 nitrogen and oxygen atoms in total. The molecule has 14 N–H and O–H groups in total. The number of nitrogens with two attached hydrogens (primary N) is 4. The number of amides is 6. The van der Waals surface area contributed by atoms with Crippen molar-refractivity contribution < 1.29 is 38.7 Å². The Morgan fingerprint density at radius 2 is 1.20 bits per heavy atom. The predicted octanol–water partition coefficient (Wildman–Crippen LogP) is -4.16. The summed E-state index contributed by atoms with van der Waals surface area (Å²) < 4.78 is 0. The van der Waals surface area contributed by atoms with Crippen molar-refractivity contribution >= 4 is 66.7 Å². The normalized spacial score (nSPS) is 14.6. The first-order chi connectivity index (χ1) is 20.5. The monoisotopic (exact) mass is 665 g/mol. The number of unbranched alkanes of at least 4 members (excludes halogenated alkanes) is 1. The first kappa shape index (κ1) is 40.9. The second-order valence-electron chi connectivity index (χ2n) is 10.5. The number of thiol groups is 2. The SMILES string of the molecule is CC(C)(NC(=O)[C@H](CCCN)NC(=O)[C@H](CCCCN)NC(=O)[C@@H](N)CS)C(=O)N[C@@H](CC(N)=O)C(=O)N[C@@H](CS)C(=O)O. The van der Waals surface area contributed by atoms with E-state index in [1.807, 2.05) is 0 Å². The smallest absolute Gasteiger partial charge is 0.327 e. The lowest BCUT2D eigenvalue weighted by Crippen LogP contribution is -2.63. The van der Waals surface area contributed by atoms with Crippen LogP contribution in [0.15, 0.2) is 0 Å². The Labute approximate surface area is 267 Å². The molecule has 19 heteroatoms. The maximum Gasteiger partial charge on any atom is 0.327 e. The Morgan fingerprint density at radius 3 is 1.70 bits per heavy atom. The van der Waals surface area contributed by atoms with Gasteiger partial charge in [-0.05, 0) is 59.0 Å². The van der Waals surface area contributed by atoms with Crippen molar-refractivity contribution in [1.29, 1.82) is 0 Å².